The first-order valence-electron chi connectivity index (χ1n) is 9.26. The van der Waals surface area contributed by atoms with Crippen LogP contribution in [0.15, 0.2) is 69.6 Å². The number of aromatic amines is 1. The number of rotatable bonds is 6. The zero-order valence-corrected chi connectivity index (χ0v) is 18.3. The van der Waals surface area contributed by atoms with Crippen LogP contribution < -0.4 is 10.5 Å². The van der Waals surface area contributed by atoms with Gasteiger partial charge in [0.25, 0.3) is 11.6 Å². The summed E-state index contributed by atoms with van der Waals surface area (Å²) in [7, 11) is 1.45. The number of hydrogen-bond donors (Lipinski definition) is 3. The van der Waals surface area contributed by atoms with E-state index in [2.05, 4.69) is 20.9 Å². The largest absolute Gasteiger partial charge is 0.508 e. The van der Waals surface area contributed by atoms with Crippen LogP contribution in [-0.2, 0) is 0 Å². The molecule has 0 spiro atoms. The number of phenols is 1. The van der Waals surface area contributed by atoms with Crippen molar-refractivity contribution in [3.8, 4) is 5.75 Å². The molecule has 5 nitrogen and oxygen atoms in total. The monoisotopic (exact) mass is 496 g/mol. The molecule has 0 saturated heterocycles. The molecule has 1 heterocycles. The predicted molar refractivity (Wildman–Crippen MR) is 117 cm³/mol. The van der Waals surface area contributed by atoms with Gasteiger partial charge in [-0.3, -0.25) is 4.79 Å². The molecule has 3 aromatic rings. The molecular weight excluding hydrogens is 477 g/mol. The molecule has 3 N–H and O–H groups in total. The highest BCUT2D eigenvalue weighted by Gasteiger charge is 2.43. The van der Waals surface area contributed by atoms with E-state index in [1.165, 1.54) is 36.3 Å². The van der Waals surface area contributed by atoms with Crippen molar-refractivity contribution in [1.29, 1.82) is 0 Å². The fourth-order valence-electron chi connectivity index (χ4n) is 3.67. The van der Waals surface area contributed by atoms with Gasteiger partial charge < -0.3 is 20.1 Å². The minimum absolute atomic E-state index is 0.0178. The number of phenolic OH excluding ortho intramolecular Hbond substituents is 1. The molecule has 0 fully saturated rings. The molecule has 0 aliphatic rings. The first kappa shape index (κ1) is 22.9. The van der Waals surface area contributed by atoms with Crippen molar-refractivity contribution < 1.29 is 23.4 Å². The summed E-state index contributed by atoms with van der Waals surface area (Å²) in [6.07, 6.45) is -1.64. The Morgan fingerprint density at radius 2 is 1.94 bits per heavy atom. The molecule has 9 heteroatoms. The van der Waals surface area contributed by atoms with Crippen LogP contribution in [0.1, 0.15) is 24.9 Å². The number of nitrogens with zero attached hydrogens (tertiary/aromatic N) is 1. The minimum Gasteiger partial charge on any atom is -0.508 e. The zero-order valence-electron chi connectivity index (χ0n) is 16.7. The normalized spacial score (nSPS) is 14.2. The maximum Gasteiger partial charge on any atom is 0.269 e. The quantitative estimate of drug-likeness (QED) is 0.427. The SMILES string of the molecule is CC(CC(O)(F)C(c1cc(Br)ccc1O)N(C)c1cccc2c(=O)[nH]ccc12)=C(F)F. The lowest BCUT2D eigenvalue weighted by Gasteiger charge is -2.38. The van der Waals surface area contributed by atoms with Crippen LogP contribution in [0.2, 0.25) is 0 Å². The molecule has 0 aliphatic heterocycles. The van der Waals surface area contributed by atoms with Gasteiger partial charge in [0.1, 0.15) is 11.8 Å². The van der Waals surface area contributed by atoms with Gasteiger partial charge in [0.15, 0.2) is 0 Å². The Labute approximate surface area is 184 Å². The molecule has 0 bridgehead atoms. The lowest BCUT2D eigenvalue weighted by molar-refractivity contribution is -0.110. The Balaban J connectivity index is 2.24. The number of hydrogen-bond acceptors (Lipinski definition) is 4. The Bertz CT molecular complexity index is 1210. The van der Waals surface area contributed by atoms with Crippen LogP contribution in [0, 0.1) is 0 Å². The van der Waals surface area contributed by atoms with Gasteiger partial charge in [0.05, 0.1) is 0 Å². The molecule has 31 heavy (non-hydrogen) atoms. The van der Waals surface area contributed by atoms with E-state index in [-0.39, 0.29) is 16.9 Å². The lowest BCUT2D eigenvalue weighted by Crippen LogP contribution is -2.42. The summed E-state index contributed by atoms with van der Waals surface area (Å²) in [6, 6.07) is 9.06. The number of benzene rings is 2. The van der Waals surface area contributed by atoms with E-state index < -0.39 is 30.0 Å². The molecule has 1 aromatic heterocycles. The second kappa shape index (κ2) is 8.76. The highest BCUT2D eigenvalue weighted by atomic mass is 79.9. The third-order valence-corrected chi connectivity index (χ3v) is 5.59. The second-order valence-electron chi connectivity index (χ2n) is 7.30. The third-order valence-electron chi connectivity index (χ3n) is 5.10. The fourth-order valence-corrected chi connectivity index (χ4v) is 4.05. The van der Waals surface area contributed by atoms with Crippen molar-refractivity contribution >= 4 is 32.4 Å². The molecule has 0 amide bonds. The number of pyridine rings is 1. The maximum atomic E-state index is 15.7. The summed E-state index contributed by atoms with van der Waals surface area (Å²) in [6.45, 7) is 1.02. The summed E-state index contributed by atoms with van der Waals surface area (Å²) in [5.41, 5.74) is -0.627. The highest BCUT2D eigenvalue weighted by molar-refractivity contribution is 9.10. The number of nitrogens with one attached hydrogen (secondary N) is 1. The molecule has 2 atom stereocenters. The molecule has 2 aromatic carbocycles. The first-order chi connectivity index (χ1) is 14.5. The van der Waals surface area contributed by atoms with Crippen molar-refractivity contribution in [2.45, 2.75) is 25.2 Å². The van der Waals surface area contributed by atoms with Gasteiger partial charge >= 0.3 is 0 Å². The Hall–Kier alpha value is -2.78. The van der Waals surface area contributed by atoms with Gasteiger partial charge in [-0.15, -0.1) is 0 Å². The third kappa shape index (κ3) is 4.62. The zero-order chi connectivity index (χ0) is 22.9. The van der Waals surface area contributed by atoms with Gasteiger partial charge in [0, 0.05) is 46.2 Å². The second-order valence-corrected chi connectivity index (χ2v) is 8.21. The highest BCUT2D eigenvalue weighted by Crippen LogP contribution is 2.44. The van der Waals surface area contributed by atoms with E-state index in [0.717, 1.165) is 6.92 Å². The van der Waals surface area contributed by atoms with Gasteiger partial charge in [0.2, 0.25) is 5.85 Å². The molecule has 3 rings (SSSR count). The van der Waals surface area contributed by atoms with Crippen LogP contribution in [0.4, 0.5) is 18.9 Å². The fraction of sp³-hybridized carbons (Fsp3) is 0.227. The summed E-state index contributed by atoms with van der Waals surface area (Å²) < 4.78 is 42.3. The Morgan fingerprint density at radius 3 is 2.61 bits per heavy atom. The van der Waals surface area contributed by atoms with Gasteiger partial charge in [-0.25, -0.2) is 4.39 Å². The van der Waals surface area contributed by atoms with Crippen molar-refractivity contribution in [3.05, 3.63) is 80.7 Å². The van der Waals surface area contributed by atoms with Gasteiger partial charge in [-0.1, -0.05) is 22.0 Å². The summed E-state index contributed by atoms with van der Waals surface area (Å²) >= 11 is 3.25. The number of alkyl halides is 1. The van der Waals surface area contributed by atoms with Crippen molar-refractivity contribution in [3.63, 3.8) is 0 Å². The molecule has 0 aliphatic carbocycles. The van der Waals surface area contributed by atoms with Crippen LogP contribution in [-0.4, -0.2) is 28.1 Å². The van der Waals surface area contributed by atoms with E-state index in [9.17, 15) is 23.8 Å². The summed E-state index contributed by atoms with van der Waals surface area (Å²) in [5, 5.41) is 22.0. The summed E-state index contributed by atoms with van der Waals surface area (Å²) in [4.78, 5) is 16.1. The van der Waals surface area contributed by atoms with E-state index >= 15 is 4.39 Å². The van der Waals surface area contributed by atoms with Gasteiger partial charge in [-0.05, 0) is 48.9 Å². The Morgan fingerprint density at radius 1 is 1.23 bits per heavy atom. The smallest absolute Gasteiger partial charge is 0.269 e. The van der Waals surface area contributed by atoms with E-state index in [1.807, 2.05) is 0 Å². The van der Waals surface area contributed by atoms with Gasteiger partial charge in [-0.2, -0.15) is 8.78 Å². The van der Waals surface area contributed by atoms with Crippen molar-refractivity contribution in [2.75, 3.05) is 11.9 Å². The molecule has 0 radical (unpaired) electrons. The Kier molecular flexibility index (Phi) is 6.47. The number of aliphatic hydroxyl groups is 1. The van der Waals surface area contributed by atoms with Crippen LogP contribution in [0.3, 0.4) is 0 Å². The predicted octanol–water partition coefficient (Wildman–Crippen LogP) is 5.39. The average molecular weight is 497 g/mol. The van der Waals surface area contributed by atoms with E-state index in [0.29, 0.717) is 20.9 Å². The number of aromatic nitrogens is 1. The number of fused-ring (bicyclic) bond motifs is 1. The van der Waals surface area contributed by atoms with Crippen molar-refractivity contribution in [1.82, 2.24) is 4.98 Å². The molecule has 164 valence electrons. The number of aromatic hydroxyl groups is 1. The standard InChI is InChI=1S/C22H20BrF3N2O3/c1-12(20(24)25)11-22(26,31)19(16-10-13(23)6-7-18(16)29)28(2)17-5-3-4-15-14(17)8-9-27-21(15)30/h3-10,19,29,31H,11H2,1-2H3,(H,27,30). The minimum atomic E-state index is -3.19. The maximum absolute atomic E-state index is 15.7. The van der Waals surface area contributed by atoms with E-state index in [1.54, 1.807) is 24.3 Å². The van der Waals surface area contributed by atoms with Crippen LogP contribution in [0.5, 0.6) is 5.75 Å². The van der Waals surface area contributed by atoms with Crippen LogP contribution in [0.25, 0.3) is 10.8 Å². The van der Waals surface area contributed by atoms with E-state index in [4.69, 9.17) is 0 Å². The topological polar surface area (TPSA) is 76.6 Å². The molecule has 0 saturated carbocycles. The summed E-state index contributed by atoms with van der Waals surface area (Å²) in [5.74, 6) is -3.51. The average Bonchev–Trinajstić information content (AvgIpc) is 2.70. The molecule has 2 unspecified atom stereocenters. The van der Waals surface area contributed by atoms with Crippen LogP contribution >= 0.6 is 15.9 Å². The number of halogens is 4. The lowest BCUT2D eigenvalue weighted by atomic mass is 9.92. The molecular formula is C22H20BrF3N2O3. The first-order valence-corrected chi connectivity index (χ1v) is 10.1. The number of anilines is 1. The number of likely N-dealkylation sites (N-methyl/N-ethyl adjacent to an activating group) is 1. The van der Waals surface area contributed by atoms with Crippen molar-refractivity contribution in [2.24, 2.45) is 0 Å². The number of H-pyrrole nitrogens is 1.